The van der Waals surface area contributed by atoms with Crippen molar-refractivity contribution in [1.82, 2.24) is 0 Å². The molecule has 1 heterocycles. The van der Waals surface area contributed by atoms with Crippen LogP contribution in [0.3, 0.4) is 0 Å². The normalized spacial score (nSPS) is 22.0. The van der Waals surface area contributed by atoms with Gasteiger partial charge in [-0.1, -0.05) is 175 Å². The van der Waals surface area contributed by atoms with E-state index < -0.39 is 53.5 Å². The van der Waals surface area contributed by atoms with Gasteiger partial charge in [0, 0.05) is 19.3 Å². The summed E-state index contributed by atoms with van der Waals surface area (Å²) in [5.74, 6) is -8.68. The lowest BCUT2D eigenvalue weighted by Crippen LogP contribution is -2.57. The van der Waals surface area contributed by atoms with Crippen LogP contribution in [0.1, 0.15) is 213 Å². The van der Waals surface area contributed by atoms with Crippen molar-refractivity contribution in [3.05, 3.63) is 0 Å². The van der Waals surface area contributed by atoms with Crippen molar-refractivity contribution in [3.63, 3.8) is 0 Å². The van der Waals surface area contributed by atoms with Crippen LogP contribution in [0.4, 0.5) is 0 Å². The van der Waals surface area contributed by atoms with Crippen LogP contribution in [0.2, 0.25) is 0 Å². The minimum Gasteiger partial charge on any atom is -0.422 e. The average Bonchev–Trinajstić information content (AvgIpc) is 3.37. The summed E-state index contributed by atoms with van der Waals surface area (Å²) in [6.45, 7) is 6.52. The summed E-state index contributed by atoms with van der Waals surface area (Å²) in [7, 11) is 0. The van der Waals surface area contributed by atoms with Gasteiger partial charge in [0.25, 0.3) is 5.79 Å². The van der Waals surface area contributed by atoms with Crippen molar-refractivity contribution in [3.8, 4) is 0 Å². The molecule has 1 aliphatic heterocycles. The van der Waals surface area contributed by atoms with Gasteiger partial charge in [-0.2, -0.15) is 0 Å². The number of aliphatic hydroxyl groups is 5. The van der Waals surface area contributed by atoms with Gasteiger partial charge in [-0.05, 0) is 19.3 Å². The number of rotatable bonds is 35. The molecule has 0 spiro atoms. The van der Waals surface area contributed by atoms with Gasteiger partial charge in [-0.3, -0.25) is 14.4 Å². The Kier molecular flexibility index (Phi) is 27.0. The monoisotopic (exact) mass is 743 g/mol. The van der Waals surface area contributed by atoms with Crippen molar-refractivity contribution in [2.24, 2.45) is 0 Å². The van der Waals surface area contributed by atoms with E-state index in [4.69, 9.17) is 9.47 Å². The van der Waals surface area contributed by atoms with Crippen LogP contribution in [0.5, 0.6) is 0 Å². The zero-order valence-electron chi connectivity index (χ0n) is 33.3. The minimum absolute atomic E-state index is 0.0844. The highest BCUT2D eigenvalue weighted by Crippen LogP contribution is 2.39. The number of aliphatic hydroxyl groups excluding tert-OH is 3. The van der Waals surface area contributed by atoms with Gasteiger partial charge in [0.2, 0.25) is 11.6 Å². The van der Waals surface area contributed by atoms with E-state index in [-0.39, 0.29) is 19.3 Å². The maximum Gasteiger partial charge on any atom is 0.308 e. The molecule has 5 N–H and O–H groups in total. The molecule has 1 rings (SSSR count). The highest BCUT2D eigenvalue weighted by atomic mass is 16.7. The molecule has 10 nitrogen and oxygen atoms in total. The Bertz CT molecular complexity index is 944. The van der Waals surface area contributed by atoms with Gasteiger partial charge in [0.15, 0.2) is 18.0 Å². The van der Waals surface area contributed by atoms with Gasteiger partial charge < -0.3 is 35.0 Å². The third-order valence-electron chi connectivity index (χ3n) is 10.6. The number of hydrogen-bond donors (Lipinski definition) is 5. The van der Waals surface area contributed by atoms with Gasteiger partial charge in [-0.15, -0.1) is 0 Å². The lowest BCUT2D eigenvalue weighted by molar-refractivity contribution is -0.306. The second-order valence-corrected chi connectivity index (χ2v) is 15.4. The van der Waals surface area contributed by atoms with E-state index in [9.17, 15) is 39.9 Å². The first-order valence-corrected chi connectivity index (χ1v) is 21.4. The molecule has 0 aromatic rings. The second-order valence-electron chi connectivity index (χ2n) is 15.4. The fourth-order valence-corrected chi connectivity index (χ4v) is 7.12. The van der Waals surface area contributed by atoms with Gasteiger partial charge in [0.05, 0.1) is 0 Å². The number of unbranched alkanes of at least 4 members (excludes halogenated alkanes) is 24. The molecule has 2 unspecified atom stereocenters. The second kappa shape index (κ2) is 28.9. The van der Waals surface area contributed by atoms with Crippen LogP contribution in [0, 0.1) is 0 Å². The number of ether oxygens (including phenoxy) is 2. The average molecular weight is 743 g/mol. The Balaban J connectivity index is 2.84. The van der Waals surface area contributed by atoms with E-state index in [1.807, 2.05) is 0 Å². The molecular formula is C42H78O10. The number of ketones is 2. The molecule has 306 valence electrons. The smallest absolute Gasteiger partial charge is 0.308 e. The zero-order chi connectivity index (χ0) is 38.7. The number of carbonyl (C=O) groups is 3. The summed E-state index contributed by atoms with van der Waals surface area (Å²) >= 11 is 0. The van der Waals surface area contributed by atoms with Crippen LogP contribution in [-0.4, -0.2) is 79.1 Å². The maximum absolute atomic E-state index is 13.6. The number of Topliss-reactive ketones (excluding diaryl/α,β-unsaturated/α-hetero) is 2. The molecule has 1 fully saturated rings. The maximum atomic E-state index is 13.6. The molecule has 0 aromatic carbocycles. The first kappa shape index (κ1) is 48.6. The molecule has 0 aliphatic carbocycles. The summed E-state index contributed by atoms with van der Waals surface area (Å²) in [6, 6.07) is 0. The van der Waals surface area contributed by atoms with Crippen LogP contribution < -0.4 is 0 Å². The van der Waals surface area contributed by atoms with E-state index in [1.54, 1.807) is 0 Å². The molecular weight excluding hydrogens is 664 g/mol. The summed E-state index contributed by atoms with van der Waals surface area (Å²) in [5.41, 5.74) is 0. The molecule has 10 heteroatoms. The quantitative estimate of drug-likeness (QED) is 0.0242. The molecule has 1 aliphatic rings. The molecule has 0 amide bonds. The standard InChI is InChI=1S/C42H78O10/c1-4-7-10-13-16-19-22-25-28-31-34(43)38(47)42(50)39(48)37(46)40(52-42)41(49,35(44)32-29-26-23-20-17-14-11-8-5-2)51-36(45)33-30-27-24-21-18-15-12-9-6-3/h37-40,46-50H,4-33H2,1-3H3/t37-,38?,39-,40?,41+,42+/m0/s1. The third-order valence-corrected chi connectivity index (χ3v) is 10.6. The topological polar surface area (TPSA) is 171 Å². The van der Waals surface area contributed by atoms with Gasteiger partial charge >= 0.3 is 5.97 Å². The molecule has 0 saturated carbocycles. The molecule has 0 radical (unpaired) electrons. The highest BCUT2D eigenvalue weighted by molar-refractivity contribution is 5.89. The van der Waals surface area contributed by atoms with Crippen LogP contribution in [0.25, 0.3) is 0 Å². The van der Waals surface area contributed by atoms with Gasteiger partial charge in [-0.25, -0.2) is 0 Å². The van der Waals surface area contributed by atoms with E-state index in [1.165, 1.54) is 70.6 Å². The SMILES string of the molecule is CCCCCCCCCCCC(=O)O[C@](O)(C(=O)CCCCCCCCCCC)C1O[C@](O)(C(O)C(=O)CCCCCCCCCCC)[C@@H](O)[C@@H]1O. The first-order valence-electron chi connectivity index (χ1n) is 21.4. The molecule has 0 aromatic heterocycles. The van der Waals surface area contributed by atoms with Crippen molar-refractivity contribution in [2.45, 2.75) is 249 Å². The lowest BCUT2D eigenvalue weighted by Gasteiger charge is -2.34. The van der Waals surface area contributed by atoms with Crippen LogP contribution in [0.15, 0.2) is 0 Å². The largest absolute Gasteiger partial charge is 0.422 e. The molecule has 52 heavy (non-hydrogen) atoms. The third kappa shape index (κ3) is 18.3. The summed E-state index contributed by atoms with van der Waals surface area (Å²) < 4.78 is 10.8. The number of hydrogen-bond acceptors (Lipinski definition) is 10. The molecule has 6 atom stereocenters. The Morgan fingerprint density at radius 1 is 0.596 bits per heavy atom. The summed E-state index contributed by atoms with van der Waals surface area (Å²) in [6.07, 6.45) is 18.0. The van der Waals surface area contributed by atoms with Crippen LogP contribution >= 0.6 is 0 Å². The van der Waals surface area contributed by atoms with E-state index in [0.29, 0.717) is 25.7 Å². The summed E-state index contributed by atoms with van der Waals surface area (Å²) in [4.78, 5) is 39.5. The van der Waals surface area contributed by atoms with Crippen LogP contribution in [-0.2, 0) is 23.9 Å². The Hall–Kier alpha value is -1.43. The Morgan fingerprint density at radius 2 is 0.942 bits per heavy atom. The lowest BCUT2D eigenvalue weighted by atomic mass is 9.91. The number of esters is 1. The fourth-order valence-electron chi connectivity index (χ4n) is 7.12. The Morgan fingerprint density at radius 3 is 1.35 bits per heavy atom. The predicted octanol–water partition coefficient (Wildman–Crippen LogP) is 8.29. The van der Waals surface area contributed by atoms with Crippen molar-refractivity contribution < 1.29 is 49.4 Å². The first-order chi connectivity index (χ1) is 25.0. The summed E-state index contributed by atoms with van der Waals surface area (Å²) in [5, 5.41) is 55.6. The zero-order valence-corrected chi connectivity index (χ0v) is 33.3. The van der Waals surface area contributed by atoms with E-state index >= 15 is 0 Å². The molecule has 0 bridgehead atoms. The minimum atomic E-state index is -3.04. The van der Waals surface area contributed by atoms with E-state index in [2.05, 4.69) is 20.8 Å². The van der Waals surface area contributed by atoms with Gasteiger partial charge in [0.1, 0.15) is 12.2 Å². The number of carbonyl (C=O) groups excluding carboxylic acids is 3. The van der Waals surface area contributed by atoms with Crippen molar-refractivity contribution in [1.29, 1.82) is 0 Å². The molecule has 1 saturated heterocycles. The predicted molar refractivity (Wildman–Crippen MR) is 204 cm³/mol. The van der Waals surface area contributed by atoms with E-state index in [0.717, 1.165) is 77.0 Å². The highest BCUT2D eigenvalue weighted by Gasteiger charge is 2.66. The fraction of sp³-hybridized carbons (Fsp3) is 0.929. The van der Waals surface area contributed by atoms with Crippen molar-refractivity contribution >= 4 is 17.5 Å². The Labute approximate surface area is 315 Å². The van der Waals surface area contributed by atoms with Crippen molar-refractivity contribution in [2.75, 3.05) is 0 Å².